The molecule has 6 atom stereocenters. The minimum absolute atomic E-state index is 0.0657. The van der Waals surface area contributed by atoms with Crippen LogP contribution in [0.1, 0.15) is 101 Å². The number of ether oxygens (including phenoxy) is 1. The molecule has 12 heteroatoms. The molecule has 2 aliphatic rings. The van der Waals surface area contributed by atoms with Crippen LogP contribution in [0, 0.1) is 34.5 Å². The Morgan fingerprint density at radius 2 is 1.43 bits per heavy atom. The molecule has 1 saturated heterocycles. The summed E-state index contributed by atoms with van der Waals surface area (Å²) in [6.07, 6.45) is 3.86. The maximum absolute atomic E-state index is 14.7. The van der Waals surface area contributed by atoms with E-state index in [0.29, 0.717) is 6.42 Å². The predicted octanol–water partition coefficient (Wildman–Crippen LogP) is 4.91. The van der Waals surface area contributed by atoms with E-state index in [1.807, 2.05) is 44.2 Å². The summed E-state index contributed by atoms with van der Waals surface area (Å²) in [6, 6.07) is 4.29. The van der Waals surface area contributed by atoms with Gasteiger partial charge in [0, 0.05) is 13.1 Å². The first-order chi connectivity index (χ1) is 24.4. The number of hydrogen-bond donors (Lipinski definition) is 4. The van der Waals surface area contributed by atoms with Gasteiger partial charge in [-0.25, -0.2) is 9.59 Å². The van der Waals surface area contributed by atoms with Crippen LogP contribution < -0.4 is 21.3 Å². The van der Waals surface area contributed by atoms with Crippen molar-refractivity contribution >= 4 is 35.5 Å². The fraction of sp³-hybridized carbons (Fsp3) is 0.659. The van der Waals surface area contributed by atoms with E-state index in [1.165, 1.54) is 4.90 Å². The summed E-state index contributed by atoms with van der Waals surface area (Å²) >= 11 is 0. The second-order valence-corrected chi connectivity index (χ2v) is 18.2. The zero-order valence-corrected chi connectivity index (χ0v) is 33.6. The van der Waals surface area contributed by atoms with Gasteiger partial charge in [-0.15, -0.1) is 6.58 Å². The number of likely N-dealkylation sites (tertiary alicyclic amines) is 1. The maximum atomic E-state index is 14.7. The summed E-state index contributed by atoms with van der Waals surface area (Å²) in [7, 11) is 0. The summed E-state index contributed by atoms with van der Waals surface area (Å²) in [6.45, 7) is 24.3. The Bertz CT molecular complexity index is 1500. The number of amides is 5. The molecule has 1 aliphatic carbocycles. The van der Waals surface area contributed by atoms with E-state index in [2.05, 4.69) is 27.8 Å². The van der Waals surface area contributed by atoms with Gasteiger partial charge in [0.05, 0.1) is 6.04 Å². The fourth-order valence-electron chi connectivity index (χ4n) is 6.85. The average Bonchev–Trinajstić information content (AvgIpc) is 3.77. The number of nitrogens with zero attached hydrogens (tertiary/aromatic N) is 1. The zero-order valence-electron chi connectivity index (χ0n) is 33.6. The van der Waals surface area contributed by atoms with Crippen molar-refractivity contribution < 1.29 is 33.5 Å². The molecule has 1 saturated carbocycles. The van der Waals surface area contributed by atoms with Gasteiger partial charge >= 0.3 is 12.0 Å². The van der Waals surface area contributed by atoms with Crippen LogP contribution in [0.2, 0.25) is 0 Å². The van der Waals surface area contributed by atoms with Crippen molar-refractivity contribution in [3.05, 3.63) is 48.6 Å². The highest BCUT2D eigenvalue weighted by Gasteiger charge is 2.51. The van der Waals surface area contributed by atoms with E-state index in [1.54, 1.807) is 68.4 Å². The highest BCUT2D eigenvalue weighted by Crippen LogP contribution is 2.39. The van der Waals surface area contributed by atoms with Crippen LogP contribution >= 0.6 is 0 Å². The molecule has 3 rings (SSSR count). The Kier molecular flexibility index (Phi) is 14.1. The lowest BCUT2D eigenvalue weighted by Gasteiger charge is -2.38. The van der Waals surface area contributed by atoms with Crippen molar-refractivity contribution in [1.82, 2.24) is 26.2 Å². The van der Waals surface area contributed by atoms with Crippen LogP contribution in [0.5, 0.6) is 0 Å². The largest absolute Gasteiger partial charge is 0.458 e. The summed E-state index contributed by atoms with van der Waals surface area (Å²) in [5.74, 6) is -3.62. The maximum Gasteiger partial charge on any atom is 0.329 e. The molecular formula is C41H63N5O7. The number of esters is 1. The Hall–Kier alpha value is -4.22. The summed E-state index contributed by atoms with van der Waals surface area (Å²) < 4.78 is 5.59. The highest BCUT2D eigenvalue weighted by molar-refractivity contribution is 6.38. The molecule has 12 nitrogen and oxygen atoms in total. The first-order valence-corrected chi connectivity index (χ1v) is 18.8. The second kappa shape index (κ2) is 17.3. The summed E-state index contributed by atoms with van der Waals surface area (Å²) in [5.41, 5.74) is -1.48. The third-order valence-corrected chi connectivity index (χ3v) is 9.82. The van der Waals surface area contributed by atoms with Crippen LogP contribution in [0.15, 0.2) is 43.0 Å². The Balaban J connectivity index is 1.89. The third kappa shape index (κ3) is 12.2. The smallest absolute Gasteiger partial charge is 0.329 e. The fourth-order valence-corrected chi connectivity index (χ4v) is 6.85. The average molecular weight is 738 g/mol. The monoisotopic (exact) mass is 737 g/mol. The first kappa shape index (κ1) is 43.2. The number of Topliss-reactive ketones (excluding diaryl/α,β-unsaturated/α-hetero) is 1. The molecule has 53 heavy (non-hydrogen) atoms. The minimum atomic E-state index is -1.11. The number of hydrogen-bond acceptors (Lipinski definition) is 7. The molecule has 0 aromatic heterocycles. The summed E-state index contributed by atoms with van der Waals surface area (Å²) in [4.78, 5) is 84.0. The Labute approximate surface area is 316 Å². The van der Waals surface area contributed by atoms with Gasteiger partial charge in [-0.3, -0.25) is 19.2 Å². The SMILES string of the molecule is C=C[C@H]1CN(C(=O)[C@@H](NC(=O)N[C@H](C(=O)OC(C)(C)C)C(C)(C)C)C(C)(C)C)[C@H](C(=O)NC(CC2CC2)C(=O)C(=O)NCc2ccccc2)[C@H]1C(C)C. The van der Waals surface area contributed by atoms with Gasteiger partial charge in [0.15, 0.2) is 0 Å². The molecule has 1 aromatic carbocycles. The molecule has 0 spiro atoms. The van der Waals surface area contributed by atoms with Crippen LogP contribution in [0.3, 0.4) is 0 Å². The molecule has 0 radical (unpaired) electrons. The molecule has 294 valence electrons. The number of rotatable bonds is 14. The quantitative estimate of drug-likeness (QED) is 0.120. The first-order valence-electron chi connectivity index (χ1n) is 18.8. The van der Waals surface area contributed by atoms with Crippen molar-refractivity contribution in [3.8, 4) is 0 Å². The Morgan fingerprint density at radius 1 is 0.868 bits per heavy atom. The molecule has 5 amide bonds. The van der Waals surface area contributed by atoms with Gasteiger partial charge in [0.2, 0.25) is 17.6 Å². The van der Waals surface area contributed by atoms with Crippen molar-refractivity contribution in [1.29, 1.82) is 0 Å². The number of nitrogens with one attached hydrogen (secondary N) is 4. The van der Waals surface area contributed by atoms with Crippen LogP contribution in [-0.4, -0.2) is 76.7 Å². The lowest BCUT2D eigenvalue weighted by Crippen LogP contribution is -2.62. The standard InChI is InChI=1S/C41H63N5O7/c1-13-27-23-46(36(50)32(39(4,5)6)44-38(52)45-33(40(7,8)9)37(51)53-41(10,11)12)30(29(27)24(2)3)34(48)43-28(21-25-19-20-25)31(47)35(49)42-22-26-17-15-14-16-18-26/h13-18,24-25,27-30,32-33H,1,19-23H2,2-12H3,(H,42,49)(H,43,48)(H2,44,45,52)/t27-,28?,29-,30-,32+,33+/m0/s1. The molecule has 1 aliphatic heterocycles. The zero-order chi connectivity index (χ0) is 40.1. The second-order valence-electron chi connectivity index (χ2n) is 18.2. The lowest BCUT2D eigenvalue weighted by molar-refractivity contribution is -0.160. The van der Waals surface area contributed by atoms with Gasteiger partial charge in [-0.1, -0.05) is 105 Å². The number of benzene rings is 1. The Morgan fingerprint density at radius 3 is 1.92 bits per heavy atom. The molecule has 0 bridgehead atoms. The molecule has 4 N–H and O–H groups in total. The molecular weight excluding hydrogens is 674 g/mol. The minimum Gasteiger partial charge on any atom is -0.458 e. The van der Waals surface area contributed by atoms with E-state index in [-0.39, 0.29) is 36.8 Å². The van der Waals surface area contributed by atoms with Crippen molar-refractivity contribution in [2.75, 3.05) is 6.54 Å². The topological polar surface area (TPSA) is 163 Å². The van der Waals surface area contributed by atoms with Gasteiger partial charge < -0.3 is 30.9 Å². The van der Waals surface area contributed by atoms with E-state index in [0.717, 1.165) is 18.4 Å². The summed E-state index contributed by atoms with van der Waals surface area (Å²) in [5, 5.41) is 11.1. The van der Waals surface area contributed by atoms with Crippen molar-refractivity contribution in [2.45, 2.75) is 132 Å². The van der Waals surface area contributed by atoms with Gasteiger partial charge in [-0.05, 0) is 67.3 Å². The van der Waals surface area contributed by atoms with E-state index in [9.17, 15) is 28.8 Å². The van der Waals surface area contributed by atoms with E-state index >= 15 is 0 Å². The van der Waals surface area contributed by atoms with Crippen molar-refractivity contribution in [2.24, 2.45) is 34.5 Å². The van der Waals surface area contributed by atoms with Gasteiger partial charge in [0.1, 0.15) is 23.7 Å². The van der Waals surface area contributed by atoms with Crippen LogP contribution in [0.25, 0.3) is 0 Å². The van der Waals surface area contributed by atoms with E-state index in [4.69, 9.17) is 4.74 Å². The molecule has 1 aromatic rings. The number of carbonyl (C=O) groups excluding carboxylic acids is 6. The van der Waals surface area contributed by atoms with Gasteiger partial charge in [0.25, 0.3) is 5.91 Å². The van der Waals surface area contributed by atoms with Crippen molar-refractivity contribution in [3.63, 3.8) is 0 Å². The third-order valence-electron chi connectivity index (χ3n) is 9.82. The highest BCUT2D eigenvalue weighted by atomic mass is 16.6. The number of ketones is 1. The van der Waals surface area contributed by atoms with Crippen LogP contribution in [0.4, 0.5) is 4.79 Å². The molecule has 1 heterocycles. The number of carbonyl (C=O) groups is 6. The van der Waals surface area contributed by atoms with E-state index < -0.39 is 76.1 Å². The normalized spacial score (nSPS) is 20.8. The predicted molar refractivity (Wildman–Crippen MR) is 204 cm³/mol. The number of urea groups is 1. The molecule has 1 unspecified atom stereocenters. The van der Waals surface area contributed by atoms with Gasteiger partial charge in [-0.2, -0.15) is 0 Å². The van der Waals surface area contributed by atoms with Crippen LogP contribution in [-0.2, 0) is 35.3 Å². The molecule has 2 fully saturated rings. The lowest BCUT2D eigenvalue weighted by atomic mass is 9.81.